The molecule has 21 heavy (non-hydrogen) atoms. The highest BCUT2D eigenvalue weighted by molar-refractivity contribution is 7.09. The third kappa shape index (κ3) is 4.53. The van der Waals surface area contributed by atoms with Crippen molar-refractivity contribution in [2.24, 2.45) is 0 Å². The highest BCUT2D eigenvalue weighted by Crippen LogP contribution is 2.10. The Morgan fingerprint density at radius 3 is 2.81 bits per heavy atom. The maximum atomic E-state index is 11.6. The van der Waals surface area contributed by atoms with E-state index in [4.69, 9.17) is 5.11 Å². The Hall–Kier alpha value is -2.49. The molecule has 0 unspecified atom stereocenters. The molecule has 0 aliphatic carbocycles. The number of carboxylic acid groups (broad SMARTS) is 1. The number of nitrogens with zero attached hydrogens (tertiary/aromatic N) is 4. The number of aryl methyl sites for hydroxylation is 1. The summed E-state index contributed by atoms with van der Waals surface area (Å²) in [6.07, 6.45) is 1.47. The Kier molecular flexibility index (Phi) is 4.82. The van der Waals surface area contributed by atoms with E-state index in [2.05, 4.69) is 25.9 Å². The quantitative estimate of drug-likeness (QED) is 0.697. The predicted molar refractivity (Wildman–Crippen MR) is 73.6 cm³/mol. The second-order valence-corrected chi connectivity index (χ2v) is 5.14. The average Bonchev–Trinajstić information content (AvgIpc) is 3.02. The molecule has 2 amide bonds. The van der Waals surface area contributed by atoms with Crippen molar-refractivity contribution in [1.82, 2.24) is 30.6 Å². The molecule has 0 fully saturated rings. The number of urea groups is 1. The normalized spacial score (nSPS) is 10.3. The molecule has 0 spiro atoms. The van der Waals surface area contributed by atoms with E-state index in [-0.39, 0.29) is 19.1 Å². The first-order valence-corrected chi connectivity index (χ1v) is 6.94. The lowest BCUT2D eigenvalue weighted by Crippen LogP contribution is -2.34. The Morgan fingerprint density at radius 1 is 1.38 bits per heavy atom. The zero-order valence-electron chi connectivity index (χ0n) is 11.2. The number of aliphatic carboxylic acids is 1. The largest absolute Gasteiger partial charge is 0.480 e. The molecule has 2 rings (SSSR count). The van der Waals surface area contributed by atoms with Crippen LogP contribution in [-0.2, 0) is 24.4 Å². The Balaban J connectivity index is 1.75. The Morgan fingerprint density at radius 2 is 2.14 bits per heavy atom. The lowest BCUT2D eigenvalue weighted by Gasteiger charge is -2.05. The summed E-state index contributed by atoms with van der Waals surface area (Å²) in [5.74, 6) is -1.00. The first kappa shape index (κ1) is 14.9. The van der Waals surface area contributed by atoms with Crippen LogP contribution >= 0.6 is 11.3 Å². The third-order valence-corrected chi connectivity index (χ3v) is 3.50. The first-order chi connectivity index (χ1) is 10.0. The van der Waals surface area contributed by atoms with E-state index in [1.165, 1.54) is 22.2 Å². The maximum Gasteiger partial charge on any atom is 0.325 e. The van der Waals surface area contributed by atoms with Gasteiger partial charge < -0.3 is 15.7 Å². The number of carbonyl (C=O) groups is 2. The van der Waals surface area contributed by atoms with Crippen molar-refractivity contribution in [2.45, 2.75) is 26.6 Å². The van der Waals surface area contributed by atoms with Crippen LogP contribution < -0.4 is 10.6 Å². The number of nitrogens with one attached hydrogen (secondary N) is 2. The van der Waals surface area contributed by atoms with E-state index >= 15 is 0 Å². The van der Waals surface area contributed by atoms with Crippen molar-refractivity contribution in [3.05, 3.63) is 28.0 Å². The van der Waals surface area contributed by atoms with Crippen LogP contribution in [0.25, 0.3) is 0 Å². The zero-order valence-corrected chi connectivity index (χ0v) is 12.1. The van der Waals surface area contributed by atoms with Crippen LogP contribution in [0.15, 0.2) is 11.7 Å². The molecule has 0 aliphatic rings. The maximum absolute atomic E-state index is 11.6. The number of carbonyl (C=O) groups excluding carboxylic acids is 1. The molecule has 9 nitrogen and oxygen atoms in total. The smallest absolute Gasteiger partial charge is 0.325 e. The number of carboxylic acids is 1. The summed E-state index contributed by atoms with van der Waals surface area (Å²) < 4.78 is 1.19. The lowest BCUT2D eigenvalue weighted by molar-refractivity contribution is -0.137. The summed E-state index contributed by atoms with van der Waals surface area (Å²) >= 11 is 1.48. The summed E-state index contributed by atoms with van der Waals surface area (Å²) in [4.78, 5) is 27.2. The molecule has 0 aromatic carbocycles. The monoisotopic (exact) mass is 310 g/mol. The van der Waals surface area contributed by atoms with Crippen molar-refractivity contribution in [3.8, 4) is 0 Å². The Labute approximate surface area is 124 Å². The van der Waals surface area contributed by atoms with Gasteiger partial charge in [-0.05, 0) is 6.92 Å². The fourth-order valence-corrected chi connectivity index (χ4v) is 2.24. The van der Waals surface area contributed by atoms with E-state index in [0.717, 1.165) is 10.6 Å². The third-order valence-electron chi connectivity index (χ3n) is 2.57. The first-order valence-electron chi connectivity index (χ1n) is 6.06. The minimum atomic E-state index is -1.00. The van der Waals surface area contributed by atoms with E-state index in [1.54, 1.807) is 5.51 Å². The topological polar surface area (TPSA) is 122 Å². The van der Waals surface area contributed by atoms with Crippen LogP contribution in [0.3, 0.4) is 0 Å². The summed E-state index contributed by atoms with van der Waals surface area (Å²) in [5, 5.41) is 21.3. The second-order valence-electron chi connectivity index (χ2n) is 4.20. The van der Waals surface area contributed by atoms with Crippen LogP contribution in [0.4, 0.5) is 4.79 Å². The van der Waals surface area contributed by atoms with Crippen molar-refractivity contribution < 1.29 is 14.7 Å². The molecule has 112 valence electrons. The predicted octanol–water partition coefficient (Wildman–Crippen LogP) is 0.127. The summed E-state index contributed by atoms with van der Waals surface area (Å²) in [5.41, 5.74) is 3.11. The van der Waals surface area contributed by atoms with Gasteiger partial charge in [0.15, 0.2) is 0 Å². The van der Waals surface area contributed by atoms with Crippen LogP contribution in [0.5, 0.6) is 0 Å². The van der Waals surface area contributed by atoms with E-state index < -0.39 is 5.97 Å². The molecular formula is C11H14N6O3S. The molecule has 2 heterocycles. The van der Waals surface area contributed by atoms with Gasteiger partial charge in [0.05, 0.1) is 30.5 Å². The number of thiazole rings is 1. The van der Waals surface area contributed by atoms with Crippen molar-refractivity contribution in [3.63, 3.8) is 0 Å². The summed E-state index contributed by atoms with van der Waals surface area (Å²) in [7, 11) is 0. The number of amides is 2. The highest BCUT2D eigenvalue weighted by Gasteiger charge is 2.07. The molecule has 0 bridgehead atoms. The minimum Gasteiger partial charge on any atom is -0.480 e. The second kappa shape index (κ2) is 6.79. The number of aromatic nitrogens is 4. The SMILES string of the molecule is Cc1ncsc1CNC(=O)NCc1cn(CC(=O)O)nn1. The molecule has 0 saturated heterocycles. The minimum absolute atomic E-state index is 0.174. The van der Waals surface area contributed by atoms with Gasteiger partial charge in [-0.15, -0.1) is 16.4 Å². The van der Waals surface area contributed by atoms with Crippen molar-refractivity contribution >= 4 is 23.3 Å². The average molecular weight is 310 g/mol. The van der Waals surface area contributed by atoms with Gasteiger partial charge >= 0.3 is 12.0 Å². The van der Waals surface area contributed by atoms with E-state index in [9.17, 15) is 9.59 Å². The molecular weight excluding hydrogens is 296 g/mol. The van der Waals surface area contributed by atoms with E-state index in [1.807, 2.05) is 6.92 Å². The van der Waals surface area contributed by atoms with Gasteiger partial charge in [-0.25, -0.2) is 14.5 Å². The standard InChI is InChI=1S/C11H14N6O3S/c1-7-9(21-6-14-7)3-13-11(20)12-2-8-4-17(16-15-8)5-10(18)19/h4,6H,2-3,5H2,1H3,(H,18,19)(H2,12,13,20). The number of rotatable bonds is 6. The van der Waals surface area contributed by atoms with Gasteiger partial charge in [0.2, 0.25) is 0 Å². The molecule has 2 aromatic heterocycles. The molecule has 2 aromatic rings. The van der Waals surface area contributed by atoms with Crippen LogP contribution in [0, 0.1) is 6.92 Å². The van der Waals surface area contributed by atoms with E-state index in [0.29, 0.717) is 12.2 Å². The van der Waals surface area contributed by atoms with Gasteiger partial charge in [-0.2, -0.15) is 0 Å². The summed E-state index contributed by atoms with van der Waals surface area (Å²) in [6, 6.07) is -0.337. The fraction of sp³-hybridized carbons (Fsp3) is 0.364. The van der Waals surface area contributed by atoms with Crippen LogP contribution in [-0.4, -0.2) is 37.1 Å². The summed E-state index contributed by atoms with van der Waals surface area (Å²) in [6.45, 7) is 2.21. The Bertz CT molecular complexity index is 637. The van der Waals surface area contributed by atoms with Gasteiger partial charge in [0.25, 0.3) is 0 Å². The molecule has 0 saturated carbocycles. The fourth-order valence-electron chi connectivity index (χ4n) is 1.53. The number of hydrogen-bond acceptors (Lipinski definition) is 6. The van der Waals surface area contributed by atoms with Gasteiger partial charge in [0, 0.05) is 4.88 Å². The van der Waals surface area contributed by atoms with Gasteiger partial charge in [0.1, 0.15) is 12.2 Å². The molecule has 0 aliphatic heterocycles. The molecule has 10 heteroatoms. The molecule has 0 atom stereocenters. The molecule has 3 N–H and O–H groups in total. The zero-order chi connectivity index (χ0) is 15.2. The highest BCUT2D eigenvalue weighted by atomic mass is 32.1. The van der Waals surface area contributed by atoms with Crippen molar-refractivity contribution in [2.75, 3.05) is 0 Å². The number of hydrogen-bond donors (Lipinski definition) is 3. The molecule has 0 radical (unpaired) electrons. The van der Waals surface area contributed by atoms with Gasteiger partial charge in [-0.3, -0.25) is 4.79 Å². The van der Waals surface area contributed by atoms with Crippen LogP contribution in [0.1, 0.15) is 16.3 Å². The van der Waals surface area contributed by atoms with Gasteiger partial charge in [-0.1, -0.05) is 5.21 Å². The lowest BCUT2D eigenvalue weighted by atomic mass is 10.4. The van der Waals surface area contributed by atoms with Crippen LogP contribution in [0.2, 0.25) is 0 Å². The van der Waals surface area contributed by atoms with Crippen molar-refractivity contribution in [1.29, 1.82) is 0 Å².